The van der Waals surface area contributed by atoms with Crippen LogP contribution < -0.4 is 21.1 Å². The second kappa shape index (κ2) is 6.76. The van der Waals surface area contributed by atoms with Crippen molar-refractivity contribution in [2.24, 2.45) is 5.73 Å². The summed E-state index contributed by atoms with van der Waals surface area (Å²) in [4.78, 5) is 11.9. The Morgan fingerprint density at radius 3 is 2.38 bits per heavy atom. The van der Waals surface area contributed by atoms with Crippen LogP contribution >= 0.6 is 0 Å². The van der Waals surface area contributed by atoms with Crippen LogP contribution in [-0.4, -0.2) is 13.1 Å². The number of hydrogen-bond acceptors (Lipinski definition) is 3. The zero-order valence-electron chi connectivity index (χ0n) is 12.1. The summed E-state index contributed by atoms with van der Waals surface area (Å²) in [7, 11) is 1.58. The third-order valence-corrected chi connectivity index (χ3v) is 3.02. The van der Waals surface area contributed by atoms with E-state index in [2.05, 4.69) is 10.6 Å². The van der Waals surface area contributed by atoms with Gasteiger partial charge in [0.05, 0.1) is 7.11 Å². The van der Waals surface area contributed by atoms with Crippen LogP contribution in [0.15, 0.2) is 48.5 Å². The number of benzene rings is 2. The number of nitrogens with two attached hydrogens (primary N) is 1. The Labute approximate surface area is 124 Å². The van der Waals surface area contributed by atoms with Crippen molar-refractivity contribution in [2.45, 2.75) is 13.0 Å². The summed E-state index contributed by atoms with van der Waals surface area (Å²) < 4.78 is 5.11. The van der Waals surface area contributed by atoms with Gasteiger partial charge in [-0.2, -0.15) is 0 Å². The lowest BCUT2D eigenvalue weighted by atomic mass is 10.1. The van der Waals surface area contributed by atoms with Gasteiger partial charge >= 0.3 is 6.03 Å². The van der Waals surface area contributed by atoms with Gasteiger partial charge in [0, 0.05) is 23.5 Å². The molecule has 0 bridgehead atoms. The Morgan fingerprint density at radius 1 is 1.10 bits per heavy atom. The van der Waals surface area contributed by atoms with Gasteiger partial charge in [0.15, 0.2) is 0 Å². The smallest absolute Gasteiger partial charge is 0.323 e. The number of anilines is 2. The molecule has 0 aromatic heterocycles. The Morgan fingerprint density at radius 2 is 1.76 bits per heavy atom. The Bertz CT molecular complexity index is 609. The van der Waals surface area contributed by atoms with E-state index in [0.717, 1.165) is 5.56 Å². The van der Waals surface area contributed by atoms with Crippen LogP contribution in [0.3, 0.4) is 0 Å². The van der Waals surface area contributed by atoms with Gasteiger partial charge in [0.1, 0.15) is 5.75 Å². The fraction of sp³-hybridized carbons (Fsp3) is 0.188. The van der Waals surface area contributed by atoms with Gasteiger partial charge in [-0.05, 0) is 36.8 Å². The van der Waals surface area contributed by atoms with Gasteiger partial charge in [0.25, 0.3) is 0 Å². The molecule has 0 heterocycles. The van der Waals surface area contributed by atoms with E-state index in [1.165, 1.54) is 0 Å². The lowest BCUT2D eigenvalue weighted by Crippen LogP contribution is -2.19. The van der Waals surface area contributed by atoms with E-state index < -0.39 is 0 Å². The van der Waals surface area contributed by atoms with E-state index in [0.29, 0.717) is 17.1 Å². The molecular weight excluding hydrogens is 266 g/mol. The predicted octanol–water partition coefficient (Wildman–Crippen LogP) is 3.36. The van der Waals surface area contributed by atoms with Crippen molar-refractivity contribution in [2.75, 3.05) is 17.7 Å². The highest BCUT2D eigenvalue weighted by Crippen LogP contribution is 2.18. The van der Waals surface area contributed by atoms with Gasteiger partial charge in [-0.25, -0.2) is 4.79 Å². The molecule has 5 heteroatoms. The number of urea groups is 1. The Hall–Kier alpha value is -2.53. The number of rotatable bonds is 4. The molecule has 5 nitrogen and oxygen atoms in total. The van der Waals surface area contributed by atoms with Crippen molar-refractivity contribution in [3.05, 3.63) is 54.1 Å². The van der Waals surface area contributed by atoms with E-state index in [-0.39, 0.29) is 12.1 Å². The number of hydrogen-bond donors (Lipinski definition) is 3. The maximum atomic E-state index is 11.9. The highest BCUT2D eigenvalue weighted by atomic mass is 16.5. The second-order valence-electron chi connectivity index (χ2n) is 4.72. The highest BCUT2D eigenvalue weighted by Gasteiger charge is 2.04. The fourth-order valence-electron chi connectivity index (χ4n) is 1.86. The topological polar surface area (TPSA) is 76.4 Å². The molecule has 2 aromatic carbocycles. The summed E-state index contributed by atoms with van der Waals surface area (Å²) >= 11 is 0. The summed E-state index contributed by atoms with van der Waals surface area (Å²) in [5.41, 5.74) is 8.18. The van der Waals surface area contributed by atoms with Crippen molar-refractivity contribution in [1.29, 1.82) is 0 Å². The molecule has 0 aliphatic carbocycles. The molecule has 0 aliphatic rings. The van der Waals surface area contributed by atoms with Gasteiger partial charge in [-0.15, -0.1) is 0 Å². The molecule has 110 valence electrons. The first-order chi connectivity index (χ1) is 10.1. The molecule has 0 saturated carbocycles. The molecule has 2 amide bonds. The molecular formula is C16H19N3O2. The summed E-state index contributed by atoms with van der Waals surface area (Å²) in [6.07, 6.45) is 0. The first-order valence-electron chi connectivity index (χ1n) is 6.66. The van der Waals surface area contributed by atoms with Gasteiger partial charge in [-0.1, -0.05) is 18.2 Å². The summed E-state index contributed by atoms with van der Waals surface area (Å²) in [5, 5.41) is 5.51. The van der Waals surface area contributed by atoms with Crippen molar-refractivity contribution in [3.8, 4) is 5.75 Å². The van der Waals surface area contributed by atoms with Gasteiger partial charge in [-0.3, -0.25) is 0 Å². The van der Waals surface area contributed by atoms with E-state index in [1.807, 2.05) is 43.3 Å². The van der Waals surface area contributed by atoms with Crippen LogP contribution in [0, 0.1) is 0 Å². The molecule has 1 unspecified atom stereocenters. The third kappa shape index (κ3) is 4.22. The maximum Gasteiger partial charge on any atom is 0.323 e. The monoisotopic (exact) mass is 285 g/mol. The van der Waals surface area contributed by atoms with Gasteiger partial charge < -0.3 is 21.1 Å². The largest absolute Gasteiger partial charge is 0.497 e. The van der Waals surface area contributed by atoms with Crippen LogP contribution in [0.5, 0.6) is 5.75 Å². The highest BCUT2D eigenvalue weighted by molar-refractivity contribution is 5.99. The van der Waals surface area contributed by atoms with Crippen LogP contribution in [0.1, 0.15) is 18.5 Å². The lowest BCUT2D eigenvalue weighted by Gasteiger charge is -2.10. The quantitative estimate of drug-likeness (QED) is 0.806. The Balaban J connectivity index is 1.97. The van der Waals surface area contributed by atoms with Gasteiger partial charge in [0.2, 0.25) is 0 Å². The summed E-state index contributed by atoms with van der Waals surface area (Å²) in [5.74, 6) is 0.689. The fourth-order valence-corrected chi connectivity index (χ4v) is 1.86. The van der Waals surface area contributed by atoms with Crippen LogP contribution in [0.25, 0.3) is 0 Å². The molecule has 21 heavy (non-hydrogen) atoms. The zero-order chi connectivity index (χ0) is 15.2. The number of carbonyl (C=O) groups is 1. The standard InChI is InChI=1S/C16H19N3O2/c1-11(17)12-6-8-13(9-7-12)18-16(20)19-14-4-3-5-15(10-14)21-2/h3-11H,17H2,1-2H3,(H2,18,19,20). The second-order valence-corrected chi connectivity index (χ2v) is 4.72. The normalized spacial score (nSPS) is 11.6. The number of methoxy groups -OCH3 is 1. The first kappa shape index (κ1) is 14.9. The summed E-state index contributed by atoms with van der Waals surface area (Å²) in [6.45, 7) is 1.91. The minimum absolute atomic E-state index is 0.0235. The molecule has 2 rings (SSSR count). The van der Waals surface area contributed by atoms with Crippen LogP contribution in [-0.2, 0) is 0 Å². The van der Waals surface area contributed by atoms with E-state index >= 15 is 0 Å². The summed E-state index contributed by atoms with van der Waals surface area (Å²) in [6, 6.07) is 14.3. The molecule has 0 aliphatic heterocycles. The first-order valence-corrected chi connectivity index (χ1v) is 6.66. The lowest BCUT2D eigenvalue weighted by molar-refractivity contribution is 0.262. The van der Waals surface area contributed by atoms with E-state index in [9.17, 15) is 4.79 Å². The molecule has 4 N–H and O–H groups in total. The Kier molecular flexibility index (Phi) is 4.79. The molecule has 0 saturated heterocycles. The van der Waals surface area contributed by atoms with Crippen molar-refractivity contribution in [3.63, 3.8) is 0 Å². The van der Waals surface area contributed by atoms with Crippen LogP contribution in [0.2, 0.25) is 0 Å². The van der Waals surface area contributed by atoms with E-state index in [1.54, 1.807) is 19.2 Å². The molecule has 1 atom stereocenters. The van der Waals surface area contributed by atoms with Crippen molar-refractivity contribution >= 4 is 17.4 Å². The van der Waals surface area contributed by atoms with Crippen molar-refractivity contribution in [1.82, 2.24) is 0 Å². The molecule has 0 spiro atoms. The maximum absolute atomic E-state index is 11.9. The number of amides is 2. The van der Waals surface area contributed by atoms with Crippen molar-refractivity contribution < 1.29 is 9.53 Å². The zero-order valence-corrected chi connectivity index (χ0v) is 12.1. The number of nitrogens with one attached hydrogen (secondary N) is 2. The SMILES string of the molecule is COc1cccc(NC(=O)Nc2ccc(C(C)N)cc2)c1. The van der Waals surface area contributed by atoms with Crippen LogP contribution in [0.4, 0.5) is 16.2 Å². The molecule has 0 fully saturated rings. The molecule has 0 radical (unpaired) electrons. The minimum atomic E-state index is -0.309. The number of carbonyl (C=O) groups excluding carboxylic acids is 1. The average molecular weight is 285 g/mol. The number of ether oxygens (including phenoxy) is 1. The predicted molar refractivity (Wildman–Crippen MR) is 84.7 cm³/mol. The third-order valence-electron chi connectivity index (χ3n) is 3.02. The van der Waals surface area contributed by atoms with E-state index in [4.69, 9.17) is 10.5 Å². The average Bonchev–Trinajstić information content (AvgIpc) is 2.47. The molecule has 2 aromatic rings. The minimum Gasteiger partial charge on any atom is -0.497 e.